The van der Waals surface area contributed by atoms with E-state index in [1.54, 1.807) is 61.6 Å². The Morgan fingerprint density at radius 1 is 0.800 bits per heavy atom. The molecule has 0 bridgehead atoms. The summed E-state index contributed by atoms with van der Waals surface area (Å²) in [5, 5.41) is 15.2. The summed E-state index contributed by atoms with van der Waals surface area (Å²) < 4.78 is 11.0. The highest BCUT2D eigenvalue weighted by molar-refractivity contribution is 5.94. The van der Waals surface area contributed by atoms with Crippen LogP contribution < -0.4 is 10.6 Å². The van der Waals surface area contributed by atoms with Crippen molar-refractivity contribution < 1.29 is 43.3 Å². The van der Waals surface area contributed by atoms with Crippen molar-refractivity contribution in [1.29, 1.82) is 0 Å². The molecule has 0 heterocycles. The topological polar surface area (TPSA) is 172 Å². The van der Waals surface area contributed by atoms with Crippen molar-refractivity contribution in [2.45, 2.75) is 157 Å². The van der Waals surface area contributed by atoms with Crippen LogP contribution in [0.15, 0.2) is 42.0 Å². The van der Waals surface area contributed by atoms with Gasteiger partial charge in [0.25, 0.3) is 0 Å². The molecule has 1 aromatic carbocycles. The highest BCUT2D eigenvalue weighted by Crippen LogP contribution is 2.32. The van der Waals surface area contributed by atoms with Gasteiger partial charge in [0, 0.05) is 37.5 Å². The lowest BCUT2D eigenvalue weighted by molar-refractivity contribution is -0.155. The average molecular weight is 773 g/mol. The number of hydrogen-bond acceptors (Lipinski definition) is 8. The predicted molar refractivity (Wildman–Crippen MR) is 213 cm³/mol. The Labute approximate surface area is 328 Å². The summed E-state index contributed by atoms with van der Waals surface area (Å²) in [5.74, 6) is -3.33. The van der Waals surface area contributed by atoms with Gasteiger partial charge in [-0.1, -0.05) is 84.9 Å². The normalized spacial score (nSPS) is 14.9. The molecule has 1 rings (SSSR count). The fraction of sp³-hybridized carbons (Fsp3) is 0.667. The van der Waals surface area contributed by atoms with Crippen LogP contribution in [-0.4, -0.2) is 100 Å². The zero-order valence-electron chi connectivity index (χ0n) is 36.1. The smallest absolute Gasteiger partial charge is 0.410 e. The van der Waals surface area contributed by atoms with Gasteiger partial charge in [0.2, 0.25) is 17.7 Å². The van der Waals surface area contributed by atoms with Crippen LogP contribution in [0.5, 0.6) is 0 Å². The second kappa shape index (κ2) is 19.4. The van der Waals surface area contributed by atoms with E-state index in [4.69, 9.17) is 9.47 Å². The van der Waals surface area contributed by atoms with Crippen LogP contribution in [0.2, 0.25) is 0 Å². The number of carboxylic acids is 1. The van der Waals surface area contributed by atoms with Crippen molar-refractivity contribution in [1.82, 2.24) is 20.4 Å². The molecule has 310 valence electrons. The average Bonchev–Trinajstić information content (AvgIpc) is 3.02. The molecule has 0 saturated carbocycles. The Bertz CT molecular complexity index is 1530. The summed E-state index contributed by atoms with van der Waals surface area (Å²) in [7, 11) is 3.11. The number of carboxylic acid groups (broad SMARTS) is 1. The number of carbonyl (C=O) groups is 6. The largest absolute Gasteiger partial charge is 0.481 e. The molecule has 13 heteroatoms. The third kappa shape index (κ3) is 15.7. The molecular formula is C42H68N4O9. The number of carbonyl (C=O) groups excluding carboxylic acids is 5. The minimum Gasteiger partial charge on any atom is -0.481 e. The van der Waals surface area contributed by atoms with E-state index < -0.39 is 88.4 Å². The van der Waals surface area contributed by atoms with Crippen molar-refractivity contribution in [2.75, 3.05) is 14.1 Å². The molecule has 0 aromatic heterocycles. The summed E-state index contributed by atoms with van der Waals surface area (Å²) in [5.41, 5.74) is -2.19. The Morgan fingerprint density at radius 2 is 1.33 bits per heavy atom. The third-order valence-electron chi connectivity index (χ3n) is 9.05. The minimum absolute atomic E-state index is 0.0599. The molecule has 0 saturated heterocycles. The molecule has 0 unspecified atom stereocenters. The number of amides is 4. The first-order valence-electron chi connectivity index (χ1n) is 18.9. The van der Waals surface area contributed by atoms with E-state index in [1.807, 2.05) is 78.8 Å². The lowest BCUT2D eigenvalue weighted by atomic mass is 9.76. The van der Waals surface area contributed by atoms with Gasteiger partial charge >= 0.3 is 18.0 Å². The van der Waals surface area contributed by atoms with E-state index in [2.05, 4.69) is 10.6 Å². The molecule has 13 nitrogen and oxygen atoms in total. The van der Waals surface area contributed by atoms with Gasteiger partial charge in [-0.2, -0.15) is 0 Å². The molecule has 0 aliphatic heterocycles. The molecular weight excluding hydrogens is 704 g/mol. The molecule has 4 atom stereocenters. The van der Waals surface area contributed by atoms with Gasteiger partial charge in [-0.25, -0.2) is 4.79 Å². The third-order valence-corrected chi connectivity index (χ3v) is 9.05. The zero-order chi connectivity index (χ0) is 42.9. The molecule has 1 aromatic rings. The molecule has 55 heavy (non-hydrogen) atoms. The lowest BCUT2D eigenvalue weighted by Gasteiger charge is -2.42. The first kappa shape index (κ1) is 48.6. The summed E-state index contributed by atoms with van der Waals surface area (Å²) in [6.45, 7) is 25.0. The van der Waals surface area contributed by atoms with Crippen LogP contribution in [0.3, 0.4) is 0 Å². The molecule has 0 aliphatic carbocycles. The number of hydrogen-bond donors (Lipinski definition) is 3. The van der Waals surface area contributed by atoms with E-state index in [-0.39, 0.29) is 24.3 Å². The first-order chi connectivity index (χ1) is 24.9. The predicted octanol–water partition coefficient (Wildman–Crippen LogP) is 6.24. The number of ether oxygens (including phenoxy) is 2. The molecule has 0 aliphatic rings. The second-order valence-corrected chi connectivity index (χ2v) is 18.3. The van der Waals surface area contributed by atoms with Gasteiger partial charge in [0.1, 0.15) is 23.3 Å². The summed E-state index contributed by atoms with van der Waals surface area (Å²) in [6, 6.07) is 5.74. The van der Waals surface area contributed by atoms with Crippen LogP contribution >= 0.6 is 0 Å². The van der Waals surface area contributed by atoms with Gasteiger partial charge in [-0.05, 0) is 71.8 Å². The number of rotatable bonds is 16. The zero-order valence-corrected chi connectivity index (χ0v) is 36.1. The van der Waals surface area contributed by atoms with Gasteiger partial charge in [-0.3, -0.25) is 28.9 Å². The maximum absolute atomic E-state index is 14.5. The first-order valence-corrected chi connectivity index (χ1v) is 18.9. The highest BCUT2D eigenvalue weighted by atomic mass is 16.6. The Balaban J connectivity index is 3.48. The van der Waals surface area contributed by atoms with Gasteiger partial charge in [0.05, 0.1) is 12.5 Å². The maximum atomic E-state index is 14.5. The molecule has 0 fully saturated rings. The van der Waals surface area contributed by atoms with E-state index in [9.17, 15) is 33.9 Å². The lowest BCUT2D eigenvalue weighted by Crippen LogP contribution is -2.63. The number of esters is 1. The van der Waals surface area contributed by atoms with Crippen LogP contribution in [0, 0.1) is 11.3 Å². The van der Waals surface area contributed by atoms with E-state index in [1.165, 1.54) is 16.8 Å². The van der Waals surface area contributed by atoms with Crippen LogP contribution in [0.1, 0.15) is 122 Å². The summed E-state index contributed by atoms with van der Waals surface area (Å²) in [6.07, 6.45) is 0.529. The van der Waals surface area contributed by atoms with Gasteiger partial charge in [-0.15, -0.1) is 0 Å². The Hall–Kier alpha value is -4.42. The number of nitrogens with one attached hydrogen (secondary N) is 2. The van der Waals surface area contributed by atoms with Crippen LogP contribution in [0.25, 0.3) is 0 Å². The fourth-order valence-corrected chi connectivity index (χ4v) is 6.18. The Kier molecular flexibility index (Phi) is 17.2. The van der Waals surface area contributed by atoms with Crippen molar-refractivity contribution >= 4 is 35.8 Å². The van der Waals surface area contributed by atoms with Gasteiger partial charge < -0.3 is 30.1 Å². The quantitative estimate of drug-likeness (QED) is 0.130. The fourth-order valence-electron chi connectivity index (χ4n) is 6.18. The van der Waals surface area contributed by atoms with Crippen LogP contribution in [0.4, 0.5) is 4.79 Å². The van der Waals surface area contributed by atoms with Gasteiger partial charge in [0.15, 0.2) is 0 Å². The van der Waals surface area contributed by atoms with Crippen molar-refractivity contribution in [3.63, 3.8) is 0 Å². The molecule has 0 spiro atoms. The number of benzene rings is 1. The molecule has 4 amide bonds. The summed E-state index contributed by atoms with van der Waals surface area (Å²) in [4.78, 5) is 82.5. The number of likely N-dealkylation sites (N-methyl/N-ethyl adjacent to an activating group) is 2. The highest BCUT2D eigenvalue weighted by Gasteiger charge is 2.46. The minimum atomic E-state index is -1.14. The number of nitrogens with zero attached hydrogens (tertiary/aromatic N) is 2. The maximum Gasteiger partial charge on any atom is 0.410 e. The second-order valence-electron chi connectivity index (χ2n) is 18.3. The van der Waals surface area contributed by atoms with Crippen molar-refractivity contribution in [2.24, 2.45) is 11.3 Å². The monoisotopic (exact) mass is 772 g/mol. The SMILES string of the molecule is C/C(=C\[C@H](C(C)C)N(C)C(=O)[C@@H](NC(=O)[C@@H](N(C)C(=O)OC(C)(C)C)C(C)(C)c1ccccc1)C(C)(C)C)C(=O)N[C@@H](CCC(=O)OC(C)(C)C)CC(=O)O. The molecule has 0 radical (unpaired) electrons. The standard InChI is InChI=1S/C42H68N4O9/c1-26(2)30(24-27(3)35(50)43-29(25-31(47)48)22-23-32(49)54-40(7,8)9)45(15)37(52)33(39(4,5)6)44-36(51)34(46(16)38(53)55-41(10,11)12)42(13,14)28-20-18-17-19-21-28/h17-21,24,26,29-30,33-34H,22-23,25H2,1-16H3,(H,43,50)(H,44,51)(H,47,48)/b27-24+/t29-,30+,33+,34+/m0/s1. The van der Waals surface area contributed by atoms with Crippen LogP contribution in [-0.2, 0) is 38.9 Å². The van der Waals surface area contributed by atoms with E-state index in [0.717, 1.165) is 5.56 Å². The summed E-state index contributed by atoms with van der Waals surface area (Å²) >= 11 is 0. The van der Waals surface area contributed by atoms with Crippen molar-refractivity contribution in [3.05, 3.63) is 47.5 Å². The Morgan fingerprint density at radius 3 is 1.78 bits per heavy atom. The van der Waals surface area contributed by atoms with Crippen molar-refractivity contribution in [3.8, 4) is 0 Å². The van der Waals surface area contributed by atoms with E-state index >= 15 is 0 Å². The number of aliphatic carboxylic acids is 1. The molecule has 3 N–H and O–H groups in total. The van der Waals surface area contributed by atoms with E-state index in [0.29, 0.717) is 0 Å².